The lowest BCUT2D eigenvalue weighted by molar-refractivity contribution is 0.403. The third-order valence-electron chi connectivity index (χ3n) is 3.78. The summed E-state index contributed by atoms with van der Waals surface area (Å²) in [5, 5.41) is 7.70. The van der Waals surface area contributed by atoms with Crippen LogP contribution in [0.3, 0.4) is 0 Å². The maximum Gasteiger partial charge on any atom is 0.161 e. The molecule has 1 aliphatic carbocycles. The first-order valence-electron chi connectivity index (χ1n) is 6.59. The topological polar surface area (TPSA) is 39.1 Å². The number of hydrogen-bond donors (Lipinski definition) is 1. The maximum atomic E-state index is 5.43. The molecule has 1 N–H and O–H groups in total. The van der Waals surface area contributed by atoms with E-state index in [1.54, 1.807) is 18.2 Å². The van der Waals surface area contributed by atoms with Crippen molar-refractivity contribution in [1.82, 2.24) is 15.1 Å². The molecular formula is C14H19N3OS. The molecular weight excluding hydrogens is 258 g/mol. The average molecular weight is 277 g/mol. The number of methoxy groups -OCH3 is 1. The number of aromatic nitrogens is 2. The molecule has 2 aromatic rings. The number of nitrogens with one attached hydrogen (secondary N) is 1. The number of fused-ring (bicyclic) bond motifs is 1. The highest BCUT2D eigenvalue weighted by Gasteiger charge is 2.25. The second kappa shape index (κ2) is 4.98. The smallest absolute Gasteiger partial charge is 0.161 e. The van der Waals surface area contributed by atoms with Gasteiger partial charge in [-0.3, -0.25) is 4.68 Å². The molecule has 2 heterocycles. The standard InChI is InChI=1S/C14H19N3OS/c1-15-13(14-10(18-3)8-16-17(14)2)12-7-9-5-4-6-11(9)19-12/h7-8,13,15H,4-6H2,1-3H3. The molecule has 0 spiro atoms. The molecule has 0 aromatic carbocycles. The highest BCUT2D eigenvalue weighted by Crippen LogP contribution is 2.38. The first-order chi connectivity index (χ1) is 9.24. The number of ether oxygens (including phenoxy) is 1. The number of thiophene rings is 1. The Bertz CT molecular complexity index is 566. The molecule has 1 unspecified atom stereocenters. The first-order valence-corrected chi connectivity index (χ1v) is 7.41. The molecule has 5 heteroatoms. The minimum Gasteiger partial charge on any atom is -0.493 e. The molecule has 0 amide bonds. The van der Waals surface area contributed by atoms with Crippen LogP contribution >= 0.6 is 11.3 Å². The molecule has 4 nitrogen and oxygen atoms in total. The third kappa shape index (κ3) is 2.07. The van der Waals surface area contributed by atoms with Crippen molar-refractivity contribution in [2.24, 2.45) is 7.05 Å². The summed E-state index contributed by atoms with van der Waals surface area (Å²) in [5.74, 6) is 0.843. The molecule has 0 bridgehead atoms. The normalized spacial score (nSPS) is 15.5. The predicted molar refractivity (Wildman–Crippen MR) is 77.0 cm³/mol. The number of rotatable bonds is 4. The average Bonchev–Trinajstić information content (AvgIpc) is 3.06. The molecule has 3 rings (SSSR count). The minimum atomic E-state index is 0.151. The van der Waals surface area contributed by atoms with Gasteiger partial charge < -0.3 is 10.1 Å². The second-order valence-electron chi connectivity index (χ2n) is 4.89. The van der Waals surface area contributed by atoms with Crippen LogP contribution in [-0.4, -0.2) is 23.9 Å². The summed E-state index contributed by atoms with van der Waals surface area (Å²) < 4.78 is 7.32. The molecule has 0 aliphatic heterocycles. The Labute approximate surface area is 117 Å². The molecule has 2 aromatic heterocycles. The fraction of sp³-hybridized carbons (Fsp3) is 0.500. The monoisotopic (exact) mass is 277 g/mol. The second-order valence-corrected chi connectivity index (χ2v) is 6.06. The van der Waals surface area contributed by atoms with E-state index in [1.165, 1.54) is 29.7 Å². The summed E-state index contributed by atoms with van der Waals surface area (Å²) in [4.78, 5) is 2.91. The van der Waals surface area contributed by atoms with Gasteiger partial charge in [-0.05, 0) is 37.9 Å². The van der Waals surface area contributed by atoms with Crippen LogP contribution in [0.1, 0.15) is 33.5 Å². The van der Waals surface area contributed by atoms with E-state index in [0.29, 0.717) is 0 Å². The Morgan fingerprint density at radius 3 is 3.00 bits per heavy atom. The number of aryl methyl sites for hydroxylation is 3. The Hall–Kier alpha value is -1.33. The van der Waals surface area contributed by atoms with E-state index < -0.39 is 0 Å². The Balaban J connectivity index is 2.01. The fourth-order valence-corrected chi connectivity index (χ4v) is 4.19. The van der Waals surface area contributed by atoms with Crippen LogP contribution in [-0.2, 0) is 19.9 Å². The molecule has 0 saturated carbocycles. The highest BCUT2D eigenvalue weighted by atomic mass is 32.1. The van der Waals surface area contributed by atoms with Crippen molar-refractivity contribution in [3.8, 4) is 5.75 Å². The highest BCUT2D eigenvalue weighted by molar-refractivity contribution is 7.12. The van der Waals surface area contributed by atoms with Crippen molar-refractivity contribution in [3.63, 3.8) is 0 Å². The van der Waals surface area contributed by atoms with E-state index in [9.17, 15) is 0 Å². The third-order valence-corrected chi connectivity index (χ3v) is 5.08. The van der Waals surface area contributed by atoms with Crippen LogP contribution in [0.2, 0.25) is 0 Å². The zero-order valence-corrected chi connectivity index (χ0v) is 12.4. The Morgan fingerprint density at radius 1 is 1.47 bits per heavy atom. The van der Waals surface area contributed by atoms with Crippen molar-refractivity contribution >= 4 is 11.3 Å². The van der Waals surface area contributed by atoms with E-state index in [1.807, 2.05) is 30.1 Å². The molecule has 1 atom stereocenters. The zero-order chi connectivity index (χ0) is 13.4. The van der Waals surface area contributed by atoms with Crippen molar-refractivity contribution in [1.29, 1.82) is 0 Å². The Morgan fingerprint density at radius 2 is 2.32 bits per heavy atom. The fourth-order valence-electron chi connectivity index (χ4n) is 2.82. The molecule has 19 heavy (non-hydrogen) atoms. The molecule has 0 fully saturated rings. The van der Waals surface area contributed by atoms with Gasteiger partial charge in [0.2, 0.25) is 0 Å². The van der Waals surface area contributed by atoms with Gasteiger partial charge in [0, 0.05) is 16.8 Å². The summed E-state index contributed by atoms with van der Waals surface area (Å²) in [7, 11) is 5.65. The van der Waals surface area contributed by atoms with Crippen molar-refractivity contribution in [2.75, 3.05) is 14.2 Å². The van der Waals surface area contributed by atoms with Gasteiger partial charge in [-0.1, -0.05) is 0 Å². The number of hydrogen-bond acceptors (Lipinski definition) is 4. The summed E-state index contributed by atoms with van der Waals surface area (Å²) in [6.45, 7) is 0. The van der Waals surface area contributed by atoms with Crippen molar-refractivity contribution < 1.29 is 4.74 Å². The van der Waals surface area contributed by atoms with E-state index in [-0.39, 0.29) is 6.04 Å². The van der Waals surface area contributed by atoms with Crippen LogP contribution < -0.4 is 10.1 Å². The van der Waals surface area contributed by atoms with Crippen molar-refractivity contribution in [3.05, 3.63) is 33.3 Å². The van der Waals surface area contributed by atoms with E-state index in [0.717, 1.165) is 11.4 Å². The van der Waals surface area contributed by atoms with Gasteiger partial charge in [-0.2, -0.15) is 5.10 Å². The van der Waals surface area contributed by atoms with E-state index in [4.69, 9.17) is 4.74 Å². The lowest BCUT2D eigenvalue weighted by Crippen LogP contribution is -2.20. The first kappa shape index (κ1) is 12.7. The molecule has 0 saturated heterocycles. The molecule has 102 valence electrons. The summed E-state index contributed by atoms with van der Waals surface area (Å²) >= 11 is 1.92. The quantitative estimate of drug-likeness (QED) is 0.932. The zero-order valence-electron chi connectivity index (χ0n) is 11.6. The van der Waals surface area contributed by atoms with Gasteiger partial charge >= 0.3 is 0 Å². The van der Waals surface area contributed by atoms with Crippen LogP contribution in [0.5, 0.6) is 5.75 Å². The van der Waals surface area contributed by atoms with Gasteiger partial charge in [0.25, 0.3) is 0 Å². The van der Waals surface area contributed by atoms with Gasteiger partial charge in [0.15, 0.2) is 5.75 Å². The minimum absolute atomic E-state index is 0.151. The lowest BCUT2D eigenvalue weighted by Gasteiger charge is -2.16. The van der Waals surface area contributed by atoms with Crippen LogP contribution in [0.25, 0.3) is 0 Å². The lowest BCUT2D eigenvalue weighted by atomic mass is 10.1. The predicted octanol–water partition coefficient (Wildman–Crippen LogP) is 2.29. The van der Waals surface area contributed by atoms with Crippen molar-refractivity contribution in [2.45, 2.75) is 25.3 Å². The Kier molecular flexibility index (Phi) is 3.33. The van der Waals surface area contributed by atoms with Crippen LogP contribution in [0.4, 0.5) is 0 Å². The summed E-state index contributed by atoms with van der Waals surface area (Å²) in [5.41, 5.74) is 2.62. The molecule has 1 aliphatic rings. The maximum absolute atomic E-state index is 5.43. The summed E-state index contributed by atoms with van der Waals surface area (Å²) in [6, 6.07) is 2.50. The SMILES string of the molecule is CNC(c1cc2c(s1)CCC2)c1c(OC)cnn1C. The largest absolute Gasteiger partial charge is 0.493 e. The van der Waals surface area contributed by atoms with Gasteiger partial charge in [-0.15, -0.1) is 11.3 Å². The van der Waals surface area contributed by atoms with E-state index >= 15 is 0 Å². The van der Waals surface area contributed by atoms with Gasteiger partial charge in [0.05, 0.1) is 19.3 Å². The summed E-state index contributed by atoms with van der Waals surface area (Å²) in [6.07, 6.45) is 5.55. The van der Waals surface area contributed by atoms with Gasteiger partial charge in [0.1, 0.15) is 5.69 Å². The number of nitrogens with zero attached hydrogens (tertiary/aromatic N) is 2. The van der Waals surface area contributed by atoms with Gasteiger partial charge in [-0.25, -0.2) is 0 Å². The molecule has 0 radical (unpaired) electrons. The van der Waals surface area contributed by atoms with Crippen LogP contribution in [0, 0.1) is 0 Å². The van der Waals surface area contributed by atoms with E-state index in [2.05, 4.69) is 16.5 Å². The van der Waals surface area contributed by atoms with Crippen LogP contribution in [0.15, 0.2) is 12.3 Å².